The Bertz CT molecular complexity index is 445. The molecule has 1 aliphatic rings. The summed E-state index contributed by atoms with van der Waals surface area (Å²) in [7, 11) is -1.76. The van der Waals surface area contributed by atoms with Crippen LogP contribution in [0.4, 0.5) is 0 Å². The van der Waals surface area contributed by atoms with E-state index >= 15 is 0 Å². The Balaban J connectivity index is 3.00. The predicted molar refractivity (Wildman–Crippen MR) is 108 cm³/mol. The molecular formula is C21H40O2Si. The molecule has 0 bridgehead atoms. The molecule has 0 spiro atoms. The molecule has 0 saturated heterocycles. The minimum Gasteiger partial charge on any atom is -0.417 e. The fraction of sp³-hybridized carbons (Fsp3) is 0.810. The monoisotopic (exact) mass is 352 g/mol. The van der Waals surface area contributed by atoms with Gasteiger partial charge in [0.05, 0.1) is 6.10 Å². The summed E-state index contributed by atoms with van der Waals surface area (Å²) in [5.74, 6) is 2.13. The average Bonchev–Trinajstić information content (AvgIpc) is 2.45. The highest BCUT2D eigenvalue weighted by molar-refractivity contribution is 6.74. The van der Waals surface area contributed by atoms with Gasteiger partial charge >= 0.3 is 0 Å². The van der Waals surface area contributed by atoms with Gasteiger partial charge in [-0.3, -0.25) is 0 Å². The predicted octanol–water partition coefficient (Wildman–Crippen LogP) is 5.80. The van der Waals surface area contributed by atoms with Crippen molar-refractivity contribution in [2.45, 2.75) is 78.6 Å². The Morgan fingerprint density at radius 3 is 2.42 bits per heavy atom. The van der Waals surface area contributed by atoms with Crippen LogP contribution in [0, 0.1) is 23.7 Å². The molecule has 1 aliphatic carbocycles. The minimum atomic E-state index is -1.76. The topological polar surface area (TPSA) is 29.5 Å². The molecule has 0 aromatic heterocycles. The van der Waals surface area contributed by atoms with Crippen molar-refractivity contribution >= 4 is 8.32 Å². The molecule has 1 N–H and O–H groups in total. The molecular weight excluding hydrogens is 312 g/mol. The van der Waals surface area contributed by atoms with Crippen molar-refractivity contribution in [3.63, 3.8) is 0 Å². The molecule has 3 heteroatoms. The van der Waals surface area contributed by atoms with Crippen LogP contribution in [0.2, 0.25) is 18.1 Å². The van der Waals surface area contributed by atoms with Gasteiger partial charge in [0.15, 0.2) is 8.32 Å². The van der Waals surface area contributed by atoms with Gasteiger partial charge < -0.3 is 9.53 Å². The van der Waals surface area contributed by atoms with Crippen molar-refractivity contribution in [2.75, 3.05) is 6.61 Å². The van der Waals surface area contributed by atoms with E-state index in [4.69, 9.17) is 4.43 Å². The van der Waals surface area contributed by atoms with Gasteiger partial charge in [0, 0.05) is 6.61 Å². The average molecular weight is 353 g/mol. The van der Waals surface area contributed by atoms with Crippen molar-refractivity contribution in [3.8, 4) is 0 Å². The van der Waals surface area contributed by atoms with Gasteiger partial charge in [-0.15, -0.1) is 6.58 Å². The van der Waals surface area contributed by atoms with Crippen LogP contribution >= 0.6 is 0 Å². The first-order chi connectivity index (χ1) is 10.9. The number of allylic oxidation sites excluding steroid dienone is 2. The summed E-state index contributed by atoms with van der Waals surface area (Å²) in [4.78, 5) is 0. The maximum Gasteiger partial charge on any atom is 0.191 e. The zero-order chi connectivity index (χ0) is 18.7. The molecule has 0 radical (unpaired) electrons. The Hall–Kier alpha value is -0.383. The van der Waals surface area contributed by atoms with Crippen LogP contribution in [0.15, 0.2) is 24.3 Å². The van der Waals surface area contributed by atoms with E-state index in [1.54, 1.807) is 6.08 Å². The maximum atomic E-state index is 10.2. The third-order valence-corrected chi connectivity index (χ3v) is 10.9. The second kappa shape index (κ2) is 8.33. The van der Waals surface area contributed by atoms with Gasteiger partial charge in [0.2, 0.25) is 0 Å². The standard InChI is InChI=1S/C21H40O2Si/c1-10-17(22)13-19-16(4)11-12-18(15(2)3)20(19)14-23-24(8,9)21(5,6)7/h10-11,15,17-20,22H,1,12-14H2,2-9H3/t17-,18-,19+,20-/m1/s1. The van der Waals surface area contributed by atoms with Crippen molar-refractivity contribution in [1.29, 1.82) is 0 Å². The van der Waals surface area contributed by atoms with E-state index in [1.807, 2.05) is 0 Å². The van der Waals surface area contributed by atoms with Gasteiger partial charge in [0.25, 0.3) is 0 Å². The molecule has 0 aromatic rings. The first-order valence-corrected chi connectivity index (χ1v) is 12.4. The zero-order valence-electron chi connectivity index (χ0n) is 17.2. The highest BCUT2D eigenvalue weighted by atomic mass is 28.4. The highest BCUT2D eigenvalue weighted by Gasteiger charge is 2.41. The number of aliphatic hydroxyl groups is 1. The van der Waals surface area contributed by atoms with Crippen LogP contribution in [0.3, 0.4) is 0 Å². The Labute approximate surface area is 151 Å². The number of rotatable bonds is 7. The van der Waals surface area contributed by atoms with E-state index in [1.165, 1.54) is 5.57 Å². The summed E-state index contributed by atoms with van der Waals surface area (Å²) in [6, 6.07) is 0. The second-order valence-corrected chi connectivity index (χ2v) is 14.3. The number of aliphatic hydroxyl groups excluding tert-OH is 1. The van der Waals surface area contributed by atoms with Crippen LogP contribution in [-0.2, 0) is 4.43 Å². The largest absolute Gasteiger partial charge is 0.417 e. The van der Waals surface area contributed by atoms with Crippen molar-refractivity contribution < 1.29 is 9.53 Å². The van der Waals surface area contributed by atoms with E-state index in [0.29, 0.717) is 23.7 Å². The molecule has 4 atom stereocenters. The van der Waals surface area contributed by atoms with Gasteiger partial charge in [-0.25, -0.2) is 0 Å². The molecule has 1 rings (SSSR count). The van der Waals surface area contributed by atoms with Crippen LogP contribution in [-0.4, -0.2) is 26.1 Å². The summed E-state index contributed by atoms with van der Waals surface area (Å²) < 4.78 is 6.61. The zero-order valence-corrected chi connectivity index (χ0v) is 18.2. The first kappa shape index (κ1) is 21.7. The Morgan fingerprint density at radius 2 is 1.96 bits per heavy atom. The molecule has 140 valence electrons. The van der Waals surface area contributed by atoms with Crippen LogP contribution < -0.4 is 0 Å². The molecule has 0 unspecified atom stereocenters. The number of hydrogen-bond donors (Lipinski definition) is 1. The maximum absolute atomic E-state index is 10.2. The van der Waals surface area contributed by atoms with Gasteiger partial charge in [-0.05, 0) is 61.6 Å². The molecule has 0 fully saturated rings. The molecule has 2 nitrogen and oxygen atoms in total. The SMILES string of the molecule is C=C[C@@H](O)C[C@H]1C(C)=CC[C@H](C(C)C)[C@H]1CO[Si](C)(C)C(C)(C)C. The summed E-state index contributed by atoms with van der Waals surface area (Å²) in [6.45, 7) is 23.0. The fourth-order valence-corrected chi connectivity index (χ4v) is 4.57. The molecule has 0 aliphatic heterocycles. The van der Waals surface area contributed by atoms with E-state index in [-0.39, 0.29) is 5.04 Å². The number of hydrogen-bond acceptors (Lipinski definition) is 2. The van der Waals surface area contributed by atoms with E-state index < -0.39 is 14.4 Å². The first-order valence-electron chi connectivity index (χ1n) is 9.52. The minimum absolute atomic E-state index is 0.232. The fourth-order valence-electron chi connectivity index (χ4n) is 3.53. The van der Waals surface area contributed by atoms with Gasteiger partial charge in [0.1, 0.15) is 0 Å². The smallest absolute Gasteiger partial charge is 0.191 e. The highest BCUT2D eigenvalue weighted by Crippen LogP contribution is 2.43. The summed E-state index contributed by atoms with van der Waals surface area (Å²) in [6.07, 6.45) is 5.52. The van der Waals surface area contributed by atoms with Gasteiger partial charge in [-0.2, -0.15) is 0 Å². The van der Waals surface area contributed by atoms with E-state index in [9.17, 15) is 5.11 Å². The molecule has 24 heavy (non-hydrogen) atoms. The van der Waals surface area contributed by atoms with Crippen LogP contribution in [0.1, 0.15) is 54.4 Å². The van der Waals surface area contributed by atoms with Crippen molar-refractivity contribution in [2.24, 2.45) is 23.7 Å². The third kappa shape index (κ3) is 5.31. The second-order valence-electron chi connectivity index (χ2n) is 9.47. The molecule has 0 heterocycles. The lowest BCUT2D eigenvalue weighted by Gasteiger charge is -2.43. The quantitative estimate of drug-likeness (QED) is 0.463. The molecule has 0 amide bonds. The Kier molecular flexibility index (Phi) is 7.52. The van der Waals surface area contributed by atoms with Crippen LogP contribution in [0.25, 0.3) is 0 Å². The van der Waals surface area contributed by atoms with Crippen molar-refractivity contribution in [1.82, 2.24) is 0 Å². The lowest BCUT2D eigenvalue weighted by atomic mass is 9.67. The Morgan fingerprint density at radius 1 is 1.38 bits per heavy atom. The summed E-state index contributed by atoms with van der Waals surface area (Å²) in [5.41, 5.74) is 1.41. The van der Waals surface area contributed by atoms with Gasteiger partial charge in [-0.1, -0.05) is 52.3 Å². The van der Waals surface area contributed by atoms with Crippen LogP contribution in [0.5, 0.6) is 0 Å². The normalized spacial score (nSPS) is 27.1. The molecule has 0 aromatic carbocycles. The molecule has 0 saturated carbocycles. The summed E-state index contributed by atoms with van der Waals surface area (Å²) in [5, 5.41) is 10.4. The summed E-state index contributed by atoms with van der Waals surface area (Å²) >= 11 is 0. The lowest BCUT2D eigenvalue weighted by molar-refractivity contribution is 0.0802. The van der Waals surface area contributed by atoms with Crippen molar-refractivity contribution in [3.05, 3.63) is 24.3 Å². The van der Waals surface area contributed by atoms with E-state index in [2.05, 4.69) is 67.3 Å². The van der Waals surface area contributed by atoms with E-state index in [0.717, 1.165) is 19.4 Å². The third-order valence-electron chi connectivity index (χ3n) is 6.43. The lowest BCUT2D eigenvalue weighted by Crippen LogP contribution is -2.45.